The van der Waals surface area contributed by atoms with Gasteiger partial charge in [0.05, 0.1) is 12.3 Å². The zero-order chi connectivity index (χ0) is 21.5. The average Bonchev–Trinajstić information content (AvgIpc) is 2.76. The molecule has 2 aromatic carbocycles. The third-order valence-corrected chi connectivity index (χ3v) is 5.17. The van der Waals surface area contributed by atoms with Crippen LogP contribution in [-0.4, -0.2) is 43.1 Å². The van der Waals surface area contributed by atoms with Crippen molar-refractivity contribution in [2.24, 2.45) is 0 Å². The van der Waals surface area contributed by atoms with Gasteiger partial charge in [-0.1, -0.05) is 48.5 Å². The molecule has 0 atom stereocenters. The summed E-state index contributed by atoms with van der Waals surface area (Å²) in [6.07, 6.45) is 2.04. The van der Waals surface area contributed by atoms with Crippen molar-refractivity contribution in [3.05, 3.63) is 83.2 Å². The Morgan fingerprint density at radius 1 is 1.10 bits per heavy atom. The smallest absolute Gasteiger partial charge is 0.187 e. The van der Waals surface area contributed by atoms with Crippen LogP contribution in [0.25, 0.3) is 11.1 Å². The molecule has 0 amide bonds. The van der Waals surface area contributed by atoms with E-state index in [2.05, 4.69) is 35.4 Å². The molecule has 0 bridgehead atoms. The van der Waals surface area contributed by atoms with Crippen LogP contribution in [0.4, 0.5) is 5.69 Å². The van der Waals surface area contributed by atoms with Crippen molar-refractivity contribution in [1.29, 1.82) is 0 Å². The second-order valence-electron chi connectivity index (χ2n) is 7.56. The number of aromatic nitrogens is 1. The normalized spacial score (nSPS) is 10.8. The van der Waals surface area contributed by atoms with E-state index in [1.807, 2.05) is 55.4 Å². The lowest BCUT2D eigenvalue weighted by Gasteiger charge is -2.18. The van der Waals surface area contributed by atoms with E-state index in [0.717, 1.165) is 33.5 Å². The average molecular weight is 404 g/mol. The van der Waals surface area contributed by atoms with E-state index in [4.69, 9.17) is 5.11 Å². The molecule has 30 heavy (non-hydrogen) atoms. The molecule has 0 radical (unpaired) electrons. The number of pyridine rings is 1. The number of nitrogens with one attached hydrogen (secondary N) is 1. The molecule has 5 nitrogen and oxygen atoms in total. The van der Waals surface area contributed by atoms with Crippen LogP contribution in [0.15, 0.2) is 60.8 Å². The fourth-order valence-corrected chi connectivity index (χ4v) is 3.52. The fraction of sp³-hybridized carbons (Fsp3) is 0.280. The first-order valence-electron chi connectivity index (χ1n) is 10.2. The molecule has 3 aromatic rings. The monoisotopic (exact) mass is 403 g/mol. The van der Waals surface area contributed by atoms with E-state index in [1.54, 1.807) is 6.20 Å². The Labute approximate surface area is 178 Å². The van der Waals surface area contributed by atoms with Gasteiger partial charge in [-0.3, -0.25) is 9.78 Å². The van der Waals surface area contributed by atoms with E-state index in [-0.39, 0.29) is 12.4 Å². The van der Waals surface area contributed by atoms with Gasteiger partial charge in [0.1, 0.15) is 5.69 Å². The van der Waals surface area contributed by atoms with Crippen molar-refractivity contribution in [3.63, 3.8) is 0 Å². The molecular weight excluding hydrogens is 374 g/mol. The van der Waals surface area contributed by atoms with Crippen LogP contribution in [0.2, 0.25) is 0 Å². The molecule has 0 fully saturated rings. The second kappa shape index (κ2) is 10.1. The summed E-state index contributed by atoms with van der Waals surface area (Å²) in [5, 5.41) is 12.1. The summed E-state index contributed by atoms with van der Waals surface area (Å²) in [6.45, 7) is 3.28. The quantitative estimate of drug-likeness (QED) is 0.422. The van der Waals surface area contributed by atoms with Gasteiger partial charge in [0, 0.05) is 39.8 Å². The summed E-state index contributed by atoms with van der Waals surface area (Å²) in [7, 11) is 3.83. The van der Waals surface area contributed by atoms with Crippen molar-refractivity contribution in [2.75, 3.05) is 32.1 Å². The lowest BCUT2D eigenvalue weighted by atomic mass is 9.93. The molecule has 3 rings (SSSR count). The number of Topliss-reactive ketones (excluding diaryl/α,β-unsaturated/α-hetero) is 1. The lowest BCUT2D eigenvalue weighted by molar-refractivity contribution is 0.0988. The Kier molecular flexibility index (Phi) is 7.33. The number of aliphatic hydroxyl groups excluding tert-OH is 1. The maximum absolute atomic E-state index is 13.2. The van der Waals surface area contributed by atoms with Crippen molar-refractivity contribution in [2.45, 2.75) is 19.9 Å². The molecule has 0 spiro atoms. The summed E-state index contributed by atoms with van der Waals surface area (Å²) in [4.78, 5) is 19.6. The Bertz CT molecular complexity index is 1000. The molecule has 5 heteroatoms. The number of hydrogen-bond donors (Lipinski definition) is 2. The highest BCUT2D eigenvalue weighted by molar-refractivity contribution is 6.01. The summed E-state index contributed by atoms with van der Waals surface area (Å²) in [5.74, 6) is 0.00174. The number of aliphatic hydroxyl groups is 1. The summed E-state index contributed by atoms with van der Waals surface area (Å²) >= 11 is 0. The maximum Gasteiger partial charge on any atom is 0.187 e. The zero-order valence-corrected chi connectivity index (χ0v) is 17.9. The van der Waals surface area contributed by atoms with Crippen LogP contribution in [0.3, 0.4) is 0 Å². The first-order chi connectivity index (χ1) is 14.5. The van der Waals surface area contributed by atoms with Gasteiger partial charge in [0.2, 0.25) is 0 Å². The minimum atomic E-state index is 0.00174. The lowest BCUT2D eigenvalue weighted by Crippen LogP contribution is -2.20. The van der Waals surface area contributed by atoms with Crippen LogP contribution >= 0.6 is 0 Å². The number of nitrogens with zero attached hydrogens (tertiary/aromatic N) is 2. The Morgan fingerprint density at radius 3 is 2.57 bits per heavy atom. The fourth-order valence-electron chi connectivity index (χ4n) is 3.52. The van der Waals surface area contributed by atoms with Crippen molar-refractivity contribution in [1.82, 2.24) is 10.3 Å². The molecule has 0 aliphatic rings. The number of carbonyl (C=O) groups excluding carboxylic acids is 1. The molecule has 0 aliphatic heterocycles. The SMILES string of the molecule is Cc1c(CC(=O)c2ncc(CNCCO)cc2N(C)C)cccc1-c1ccccc1. The highest BCUT2D eigenvalue weighted by Gasteiger charge is 2.18. The highest BCUT2D eigenvalue weighted by Crippen LogP contribution is 2.27. The molecular formula is C25H29N3O2. The van der Waals surface area contributed by atoms with E-state index in [9.17, 15) is 4.79 Å². The minimum Gasteiger partial charge on any atom is -0.395 e. The molecule has 0 unspecified atom stereocenters. The van der Waals surface area contributed by atoms with E-state index in [0.29, 0.717) is 25.2 Å². The number of rotatable bonds is 9. The number of anilines is 1. The predicted octanol–water partition coefficient (Wildman–Crippen LogP) is 3.63. The van der Waals surface area contributed by atoms with Gasteiger partial charge in [-0.05, 0) is 40.8 Å². The Hall–Kier alpha value is -3.02. The predicted molar refractivity (Wildman–Crippen MR) is 122 cm³/mol. The third-order valence-electron chi connectivity index (χ3n) is 5.17. The topological polar surface area (TPSA) is 65.5 Å². The van der Waals surface area contributed by atoms with Crippen molar-refractivity contribution in [3.8, 4) is 11.1 Å². The number of benzene rings is 2. The molecule has 1 aromatic heterocycles. The van der Waals surface area contributed by atoms with E-state index >= 15 is 0 Å². The van der Waals surface area contributed by atoms with Gasteiger partial charge in [0.15, 0.2) is 5.78 Å². The molecule has 0 saturated carbocycles. The molecule has 156 valence electrons. The molecule has 0 saturated heterocycles. The number of ketones is 1. The largest absolute Gasteiger partial charge is 0.395 e. The maximum atomic E-state index is 13.2. The summed E-state index contributed by atoms with van der Waals surface area (Å²) in [5.41, 5.74) is 6.69. The Morgan fingerprint density at radius 2 is 1.87 bits per heavy atom. The van der Waals surface area contributed by atoms with Crippen LogP contribution in [-0.2, 0) is 13.0 Å². The molecule has 0 aliphatic carbocycles. The van der Waals surface area contributed by atoms with Crippen molar-refractivity contribution >= 4 is 11.5 Å². The van der Waals surface area contributed by atoms with Gasteiger partial charge < -0.3 is 15.3 Å². The van der Waals surface area contributed by atoms with Gasteiger partial charge >= 0.3 is 0 Å². The highest BCUT2D eigenvalue weighted by atomic mass is 16.3. The standard InChI is InChI=1S/C25H29N3O2/c1-18-21(10-7-11-22(18)20-8-5-4-6-9-20)15-24(30)25-23(28(2)3)14-19(17-27-25)16-26-12-13-29/h4-11,14,17,26,29H,12-13,15-16H2,1-3H3. The van der Waals surface area contributed by atoms with Gasteiger partial charge in [-0.15, -0.1) is 0 Å². The molecule has 2 N–H and O–H groups in total. The number of hydrogen-bond acceptors (Lipinski definition) is 5. The van der Waals surface area contributed by atoms with Gasteiger partial charge in [-0.2, -0.15) is 0 Å². The summed E-state index contributed by atoms with van der Waals surface area (Å²) in [6, 6.07) is 18.3. The van der Waals surface area contributed by atoms with Crippen LogP contribution in [0.1, 0.15) is 27.2 Å². The first kappa shape index (κ1) is 21.7. The van der Waals surface area contributed by atoms with Crippen LogP contribution < -0.4 is 10.2 Å². The van der Waals surface area contributed by atoms with Crippen LogP contribution in [0.5, 0.6) is 0 Å². The van der Waals surface area contributed by atoms with Crippen molar-refractivity contribution < 1.29 is 9.90 Å². The van der Waals surface area contributed by atoms with Crippen LogP contribution in [0, 0.1) is 6.92 Å². The second-order valence-corrected chi connectivity index (χ2v) is 7.56. The third kappa shape index (κ3) is 5.12. The Balaban J connectivity index is 1.85. The minimum absolute atomic E-state index is 0.00174. The van der Waals surface area contributed by atoms with E-state index < -0.39 is 0 Å². The first-order valence-corrected chi connectivity index (χ1v) is 10.2. The zero-order valence-electron chi connectivity index (χ0n) is 17.9. The molecule has 1 heterocycles. The number of carbonyl (C=O) groups is 1. The van der Waals surface area contributed by atoms with Gasteiger partial charge in [-0.25, -0.2) is 0 Å². The van der Waals surface area contributed by atoms with E-state index in [1.165, 1.54) is 0 Å². The summed E-state index contributed by atoms with van der Waals surface area (Å²) < 4.78 is 0. The van der Waals surface area contributed by atoms with Gasteiger partial charge in [0.25, 0.3) is 0 Å².